The summed E-state index contributed by atoms with van der Waals surface area (Å²) in [4.78, 5) is 0. The Kier molecular flexibility index (Phi) is 3.30. The van der Waals surface area contributed by atoms with E-state index in [1.807, 2.05) is 0 Å². The van der Waals surface area contributed by atoms with E-state index in [1.54, 1.807) is 0 Å². The highest BCUT2D eigenvalue weighted by Gasteiger charge is 2.53. The SMILES string of the molecule is CC1CCCCC1(N)C1(N)CCCCC1N. The second kappa shape index (κ2) is 4.28. The molecule has 16 heavy (non-hydrogen) atoms. The number of hydrogen-bond donors (Lipinski definition) is 3. The summed E-state index contributed by atoms with van der Waals surface area (Å²) in [5, 5.41) is 0. The van der Waals surface area contributed by atoms with Crippen LogP contribution in [0.25, 0.3) is 0 Å². The number of hydrogen-bond acceptors (Lipinski definition) is 3. The first-order valence-corrected chi connectivity index (χ1v) is 6.84. The van der Waals surface area contributed by atoms with Gasteiger partial charge in [0.1, 0.15) is 0 Å². The van der Waals surface area contributed by atoms with Gasteiger partial charge < -0.3 is 17.2 Å². The van der Waals surface area contributed by atoms with E-state index in [0.29, 0.717) is 5.92 Å². The van der Waals surface area contributed by atoms with Gasteiger partial charge in [-0.3, -0.25) is 0 Å². The number of rotatable bonds is 1. The van der Waals surface area contributed by atoms with Gasteiger partial charge in [-0.2, -0.15) is 0 Å². The molecule has 4 atom stereocenters. The van der Waals surface area contributed by atoms with E-state index < -0.39 is 0 Å². The molecule has 94 valence electrons. The third-order valence-electron chi connectivity index (χ3n) is 5.24. The molecule has 0 aromatic carbocycles. The summed E-state index contributed by atoms with van der Waals surface area (Å²) in [6.45, 7) is 2.26. The molecular formula is C13H27N3. The normalized spacial score (nSPS) is 50.2. The highest BCUT2D eigenvalue weighted by atomic mass is 15.0. The molecule has 2 aliphatic rings. The Morgan fingerprint density at radius 3 is 2.00 bits per heavy atom. The third-order valence-corrected chi connectivity index (χ3v) is 5.24. The van der Waals surface area contributed by atoms with E-state index in [-0.39, 0.29) is 17.1 Å². The third kappa shape index (κ3) is 1.69. The lowest BCUT2D eigenvalue weighted by Crippen LogP contribution is -2.76. The molecular weight excluding hydrogens is 198 g/mol. The molecule has 0 aromatic heterocycles. The van der Waals surface area contributed by atoms with E-state index in [1.165, 1.54) is 32.1 Å². The highest BCUT2D eigenvalue weighted by molar-refractivity contribution is 5.16. The highest BCUT2D eigenvalue weighted by Crippen LogP contribution is 2.43. The Morgan fingerprint density at radius 2 is 1.44 bits per heavy atom. The molecule has 0 amide bonds. The maximum absolute atomic E-state index is 6.70. The zero-order valence-electron chi connectivity index (χ0n) is 10.5. The molecule has 0 aliphatic heterocycles. The van der Waals surface area contributed by atoms with E-state index in [0.717, 1.165) is 19.3 Å². The van der Waals surface area contributed by atoms with E-state index >= 15 is 0 Å². The molecule has 2 fully saturated rings. The van der Waals surface area contributed by atoms with Crippen molar-refractivity contribution in [1.82, 2.24) is 0 Å². The molecule has 0 heterocycles. The fourth-order valence-corrected chi connectivity index (χ4v) is 3.87. The molecule has 2 saturated carbocycles. The van der Waals surface area contributed by atoms with Crippen molar-refractivity contribution in [1.29, 1.82) is 0 Å². The summed E-state index contributed by atoms with van der Waals surface area (Å²) in [6.07, 6.45) is 9.23. The van der Waals surface area contributed by atoms with Gasteiger partial charge in [0, 0.05) is 17.1 Å². The van der Waals surface area contributed by atoms with Crippen molar-refractivity contribution in [2.24, 2.45) is 23.1 Å². The smallest absolute Gasteiger partial charge is 0.0492 e. The Hall–Kier alpha value is -0.120. The van der Waals surface area contributed by atoms with Gasteiger partial charge in [0.05, 0.1) is 0 Å². The van der Waals surface area contributed by atoms with Crippen LogP contribution in [0.3, 0.4) is 0 Å². The minimum atomic E-state index is -0.328. The average Bonchev–Trinajstić information content (AvgIpc) is 2.27. The Morgan fingerprint density at radius 1 is 0.875 bits per heavy atom. The van der Waals surface area contributed by atoms with Gasteiger partial charge in [0.2, 0.25) is 0 Å². The second-order valence-corrected chi connectivity index (χ2v) is 6.08. The van der Waals surface area contributed by atoms with Gasteiger partial charge >= 0.3 is 0 Å². The molecule has 3 heteroatoms. The summed E-state index contributed by atoms with van der Waals surface area (Å²) in [6, 6.07) is 0.0896. The van der Waals surface area contributed by atoms with Crippen LogP contribution in [0, 0.1) is 5.92 Å². The lowest BCUT2D eigenvalue weighted by molar-refractivity contribution is 0.0561. The summed E-state index contributed by atoms with van der Waals surface area (Å²) in [5.74, 6) is 0.510. The molecule has 4 unspecified atom stereocenters. The largest absolute Gasteiger partial charge is 0.326 e. The molecule has 0 radical (unpaired) electrons. The van der Waals surface area contributed by atoms with Crippen LogP contribution in [-0.4, -0.2) is 17.1 Å². The van der Waals surface area contributed by atoms with Gasteiger partial charge in [-0.25, -0.2) is 0 Å². The van der Waals surface area contributed by atoms with Crippen LogP contribution >= 0.6 is 0 Å². The summed E-state index contributed by atoms with van der Waals surface area (Å²) in [5.41, 5.74) is 19.1. The quantitative estimate of drug-likeness (QED) is 0.632. The van der Waals surface area contributed by atoms with Crippen LogP contribution in [0.15, 0.2) is 0 Å². The standard InChI is InChI=1S/C13H27N3/c1-10-6-2-4-8-12(10,15)13(16)9-5-3-7-11(13)14/h10-11H,2-9,14-16H2,1H3. The van der Waals surface area contributed by atoms with Crippen molar-refractivity contribution in [3.63, 3.8) is 0 Å². The molecule has 6 N–H and O–H groups in total. The predicted molar refractivity (Wildman–Crippen MR) is 67.9 cm³/mol. The van der Waals surface area contributed by atoms with Crippen LogP contribution in [0.1, 0.15) is 58.3 Å². The Bertz CT molecular complexity index is 230. The molecule has 2 aliphatic carbocycles. The first-order valence-electron chi connectivity index (χ1n) is 6.84. The fraction of sp³-hybridized carbons (Fsp3) is 1.00. The molecule has 0 spiro atoms. The monoisotopic (exact) mass is 225 g/mol. The summed E-state index contributed by atoms with van der Waals surface area (Å²) >= 11 is 0. The Balaban J connectivity index is 2.25. The van der Waals surface area contributed by atoms with Crippen molar-refractivity contribution < 1.29 is 0 Å². The van der Waals surface area contributed by atoms with Gasteiger partial charge in [-0.05, 0) is 31.6 Å². The molecule has 0 bridgehead atoms. The molecule has 0 aromatic rings. The van der Waals surface area contributed by atoms with Gasteiger partial charge in [-0.15, -0.1) is 0 Å². The fourth-order valence-electron chi connectivity index (χ4n) is 3.87. The minimum Gasteiger partial charge on any atom is -0.326 e. The van der Waals surface area contributed by atoms with E-state index in [2.05, 4.69) is 6.92 Å². The number of nitrogens with two attached hydrogens (primary N) is 3. The van der Waals surface area contributed by atoms with Crippen molar-refractivity contribution >= 4 is 0 Å². The zero-order chi connectivity index (χ0) is 11.8. The van der Waals surface area contributed by atoms with Crippen molar-refractivity contribution in [2.75, 3.05) is 0 Å². The minimum absolute atomic E-state index is 0.0896. The van der Waals surface area contributed by atoms with E-state index in [4.69, 9.17) is 17.2 Å². The van der Waals surface area contributed by atoms with Gasteiger partial charge in [-0.1, -0.05) is 32.6 Å². The van der Waals surface area contributed by atoms with Gasteiger partial charge in [0.15, 0.2) is 0 Å². The maximum atomic E-state index is 6.70. The lowest BCUT2D eigenvalue weighted by Gasteiger charge is -2.56. The molecule has 3 nitrogen and oxygen atoms in total. The van der Waals surface area contributed by atoms with Crippen molar-refractivity contribution in [2.45, 2.75) is 75.4 Å². The van der Waals surface area contributed by atoms with E-state index in [9.17, 15) is 0 Å². The molecule has 0 saturated heterocycles. The average molecular weight is 225 g/mol. The lowest BCUT2D eigenvalue weighted by atomic mass is 9.57. The van der Waals surface area contributed by atoms with Crippen molar-refractivity contribution in [3.05, 3.63) is 0 Å². The van der Waals surface area contributed by atoms with Gasteiger partial charge in [0.25, 0.3) is 0 Å². The Labute approximate surface area is 99.1 Å². The molecule has 2 rings (SSSR count). The van der Waals surface area contributed by atoms with Crippen LogP contribution in [0.4, 0.5) is 0 Å². The predicted octanol–water partition coefficient (Wildman–Crippen LogP) is 1.49. The zero-order valence-corrected chi connectivity index (χ0v) is 10.5. The summed E-state index contributed by atoms with van der Waals surface area (Å²) < 4.78 is 0. The maximum Gasteiger partial charge on any atom is 0.0492 e. The summed E-state index contributed by atoms with van der Waals surface area (Å²) in [7, 11) is 0. The van der Waals surface area contributed by atoms with Crippen LogP contribution in [0.2, 0.25) is 0 Å². The van der Waals surface area contributed by atoms with Crippen LogP contribution in [-0.2, 0) is 0 Å². The topological polar surface area (TPSA) is 78.1 Å². The first kappa shape index (κ1) is 12.3. The van der Waals surface area contributed by atoms with Crippen molar-refractivity contribution in [3.8, 4) is 0 Å². The second-order valence-electron chi connectivity index (χ2n) is 6.08. The van der Waals surface area contributed by atoms with Crippen LogP contribution in [0.5, 0.6) is 0 Å². The van der Waals surface area contributed by atoms with Crippen LogP contribution < -0.4 is 17.2 Å². The first-order chi connectivity index (χ1) is 7.51.